The first-order valence-electron chi connectivity index (χ1n) is 12.7. The number of carbonyl (C=O) groups is 2. The first-order chi connectivity index (χ1) is 17.4. The molecule has 0 aliphatic carbocycles. The maximum Gasteiger partial charge on any atom is 0.256 e. The third-order valence-electron chi connectivity index (χ3n) is 6.75. The lowest BCUT2D eigenvalue weighted by Gasteiger charge is -2.31. The number of hydrogen-bond acceptors (Lipinski definition) is 6. The minimum Gasteiger partial charge on any atom is -0.376 e. The van der Waals surface area contributed by atoms with E-state index in [4.69, 9.17) is 0 Å². The van der Waals surface area contributed by atoms with Gasteiger partial charge in [0.2, 0.25) is 5.91 Å². The molecule has 1 aliphatic heterocycles. The van der Waals surface area contributed by atoms with E-state index in [1.807, 2.05) is 54.0 Å². The Labute approximate surface area is 213 Å². The summed E-state index contributed by atoms with van der Waals surface area (Å²) in [6.45, 7) is 10.4. The van der Waals surface area contributed by atoms with Gasteiger partial charge < -0.3 is 15.5 Å². The monoisotopic (exact) mass is 491 g/mol. The SMILES string of the molecule is CCNCCN(CC(=O)N(C)N1Cc2ccccc2C1)C(=O)CNc1cc2cn(CC)nc2cc1C. The fraction of sp³-hybridized carbons (Fsp3) is 0.444. The van der Waals surface area contributed by atoms with Gasteiger partial charge in [0.05, 0.1) is 12.1 Å². The summed E-state index contributed by atoms with van der Waals surface area (Å²) >= 11 is 0. The van der Waals surface area contributed by atoms with Crippen LogP contribution in [0.1, 0.15) is 30.5 Å². The van der Waals surface area contributed by atoms with Gasteiger partial charge in [0, 0.05) is 57.0 Å². The molecule has 0 saturated carbocycles. The lowest BCUT2D eigenvalue weighted by atomic mass is 10.1. The molecule has 9 heteroatoms. The minimum atomic E-state index is -0.108. The predicted octanol–water partition coefficient (Wildman–Crippen LogP) is 2.60. The number of likely N-dealkylation sites (N-methyl/N-ethyl adjacent to an activating group) is 2. The van der Waals surface area contributed by atoms with Crippen molar-refractivity contribution in [3.63, 3.8) is 0 Å². The van der Waals surface area contributed by atoms with Crippen LogP contribution in [-0.2, 0) is 29.2 Å². The smallest absolute Gasteiger partial charge is 0.256 e. The summed E-state index contributed by atoms with van der Waals surface area (Å²) in [6.07, 6.45) is 2.01. The van der Waals surface area contributed by atoms with Gasteiger partial charge in [-0.1, -0.05) is 31.2 Å². The zero-order valence-electron chi connectivity index (χ0n) is 21.8. The number of anilines is 1. The van der Waals surface area contributed by atoms with Gasteiger partial charge >= 0.3 is 0 Å². The molecule has 3 aromatic rings. The van der Waals surface area contributed by atoms with Crippen LogP contribution >= 0.6 is 0 Å². The Bertz CT molecular complexity index is 1200. The summed E-state index contributed by atoms with van der Waals surface area (Å²) in [7, 11) is 1.79. The van der Waals surface area contributed by atoms with Crippen molar-refractivity contribution in [2.75, 3.05) is 45.1 Å². The second-order valence-electron chi connectivity index (χ2n) is 9.24. The van der Waals surface area contributed by atoms with Crippen molar-refractivity contribution in [1.82, 2.24) is 30.0 Å². The fourth-order valence-corrected chi connectivity index (χ4v) is 4.50. The molecule has 0 atom stereocenters. The highest BCUT2D eigenvalue weighted by Crippen LogP contribution is 2.24. The number of nitrogens with one attached hydrogen (secondary N) is 2. The number of carbonyl (C=O) groups excluding carboxylic acids is 2. The molecular formula is C27H37N7O2. The maximum absolute atomic E-state index is 13.2. The van der Waals surface area contributed by atoms with Crippen molar-refractivity contribution in [3.8, 4) is 0 Å². The molecule has 0 radical (unpaired) electrons. The summed E-state index contributed by atoms with van der Waals surface area (Å²) < 4.78 is 1.91. The molecule has 2 amide bonds. The maximum atomic E-state index is 13.2. The fourth-order valence-electron chi connectivity index (χ4n) is 4.50. The van der Waals surface area contributed by atoms with Crippen molar-refractivity contribution >= 4 is 28.4 Å². The molecule has 0 saturated heterocycles. The van der Waals surface area contributed by atoms with Crippen molar-refractivity contribution in [3.05, 3.63) is 59.3 Å². The highest BCUT2D eigenvalue weighted by atomic mass is 16.2. The quantitative estimate of drug-likeness (QED) is 0.401. The van der Waals surface area contributed by atoms with Crippen LogP contribution in [0.3, 0.4) is 0 Å². The van der Waals surface area contributed by atoms with Gasteiger partial charge in [-0.15, -0.1) is 0 Å². The van der Waals surface area contributed by atoms with Crippen LogP contribution in [0.2, 0.25) is 0 Å². The molecule has 0 spiro atoms. The second-order valence-corrected chi connectivity index (χ2v) is 9.24. The zero-order chi connectivity index (χ0) is 25.7. The van der Waals surface area contributed by atoms with Gasteiger partial charge in [-0.25, -0.2) is 5.01 Å². The largest absolute Gasteiger partial charge is 0.376 e. The van der Waals surface area contributed by atoms with Gasteiger partial charge in [-0.05, 0) is 49.2 Å². The van der Waals surface area contributed by atoms with E-state index in [0.717, 1.165) is 35.2 Å². The van der Waals surface area contributed by atoms with Crippen LogP contribution in [0.4, 0.5) is 5.69 Å². The Morgan fingerprint density at radius 3 is 2.47 bits per heavy atom. The number of hydrazine groups is 1. The molecule has 1 aromatic heterocycles. The Kier molecular flexibility index (Phi) is 8.22. The van der Waals surface area contributed by atoms with Crippen LogP contribution in [0.25, 0.3) is 10.9 Å². The van der Waals surface area contributed by atoms with Crippen LogP contribution < -0.4 is 10.6 Å². The predicted molar refractivity (Wildman–Crippen MR) is 142 cm³/mol. The van der Waals surface area contributed by atoms with Crippen LogP contribution in [0, 0.1) is 6.92 Å². The lowest BCUT2D eigenvalue weighted by molar-refractivity contribution is -0.151. The molecule has 36 heavy (non-hydrogen) atoms. The van der Waals surface area contributed by atoms with E-state index in [9.17, 15) is 9.59 Å². The van der Waals surface area contributed by atoms with Crippen LogP contribution in [-0.4, -0.2) is 76.3 Å². The summed E-state index contributed by atoms with van der Waals surface area (Å²) in [4.78, 5) is 28.0. The topological polar surface area (TPSA) is 85.7 Å². The number of nitrogens with zero attached hydrogens (tertiary/aromatic N) is 5. The number of hydrogen-bond donors (Lipinski definition) is 2. The number of benzene rings is 2. The summed E-state index contributed by atoms with van der Waals surface area (Å²) in [6, 6.07) is 12.3. The summed E-state index contributed by atoms with van der Waals surface area (Å²) in [5.74, 6) is -0.208. The Morgan fingerprint density at radius 1 is 1.08 bits per heavy atom. The Balaban J connectivity index is 1.39. The first-order valence-corrected chi connectivity index (χ1v) is 12.7. The Hall–Kier alpha value is -3.43. The average Bonchev–Trinajstić information content (AvgIpc) is 3.49. The first kappa shape index (κ1) is 25.7. The number of rotatable bonds is 11. The van der Waals surface area contributed by atoms with E-state index in [0.29, 0.717) is 26.2 Å². The number of amides is 2. The van der Waals surface area contributed by atoms with E-state index in [1.165, 1.54) is 11.1 Å². The highest BCUT2D eigenvalue weighted by Gasteiger charge is 2.27. The van der Waals surface area contributed by atoms with Gasteiger partial charge in [0.15, 0.2) is 0 Å². The van der Waals surface area contributed by atoms with Crippen molar-refractivity contribution in [1.29, 1.82) is 0 Å². The molecule has 4 rings (SSSR count). The summed E-state index contributed by atoms with van der Waals surface area (Å²) in [5.41, 5.74) is 5.34. The van der Waals surface area contributed by atoms with Crippen molar-refractivity contribution < 1.29 is 9.59 Å². The van der Waals surface area contributed by atoms with Gasteiger partial charge in [0.25, 0.3) is 5.91 Å². The number of aromatic nitrogens is 2. The number of fused-ring (bicyclic) bond motifs is 2. The molecule has 2 heterocycles. The molecule has 0 fully saturated rings. The van der Waals surface area contributed by atoms with E-state index in [1.54, 1.807) is 17.0 Å². The molecule has 9 nitrogen and oxygen atoms in total. The minimum absolute atomic E-state index is 0.0382. The van der Waals surface area contributed by atoms with Crippen LogP contribution in [0.15, 0.2) is 42.6 Å². The Morgan fingerprint density at radius 2 is 1.81 bits per heavy atom. The number of aryl methyl sites for hydroxylation is 2. The molecule has 0 unspecified atom stereocenters. The average molecular weight is 492 g/mol. The van der Waals surface area contributed by atoms with E-state index in [-0.39, 0.29) is 24.9 Å². The van der Waals surface area contributed by atoms with Gasteiger partial charge in [-0.2, -0.15) is 5.10 Å². The normalized spacial score (nSPS) is 13.1. The third kappa shape index (κ3) is 5.85. The van der Waals surface area contributed by atoms with Crippen LogP contribution in [0.5, 0.6) is 0 Å². The second kappa shape index (κ2) is 11.5. The lowest BCUT2D eigenvalue weighted by Crippen LogP contribution is -2.49. The molecule has 2 aromatic carbocycles. The van der Waals surface area contributed by atoms with E-state index < -0.39 is 0 Å². The van der Waals surface area contributed by atoms with Crippen molar-refractivity contribution in [2.45, 2.75) is 40.4 Å². The highest BCUT2D eigenvalue weighted by molar-refractivity contribution is 5.88. The van der Waals surface area contributed by atoms with Gasteiger partial charge in [-0.3, -0.25) is 19.3 Å². The van der Waals surface area contributed by atoms with E-state index >= 15 is 0 Å². The summed E-state index contributed by atoms with van der Waals surface area (Å²) in [5, 5.41) is 15.8. The zero-order valence-corrected chi connectivity index (χ0v) is 21.8. The molecule has 2 N–H and O–H groups in total. The molecule has 192 valence electrons. The molecule has 0 bridgehead atoms. The third-order valence-corrected chi connectivity index (χ3v) is 6.75. The van der Waals surface area contributed by atoms with Crippen molar-refractivity contribution in [2.24, 2.45) is 0 Å². The molecule has 1 aliphatic rings. The van der Waals surface area contributed by atoms with Gasteiger partial charge in [0.1, 0.15) is 6.54 Å². The molecular weight excluding hydrogens is 454 g/mol. The van der Waals surface area contributed by atoms with E-state index in [2.05, 4.69) is 34.8 Å². The standard InChI is InChI=1S/C27H37N7O2/c1-5-28-11-12-32(19-27(36)31(4)34-17-21-9-7-8-10-22(21)18-34)26(35)15-29-24-14-23-16-33(6-2)30-25(23)13-20(24)3/h7-10,13-14,16,28-29H,5-6,11-12,15,17-19H2,1-4H3.